The maximum absolute atomic E-state index is 10.9. The lowest BCUT2D eigenvalue weighted by molar-refractivity contribution is -0.0129. The zero-order valence-corrected chi connectivity index (χ0v) is 6.76. The molecule has 0 atom stereocenters. The first-order valence-electron chi connectivity index (χ1n) is 2.89. The van der Waals surface area contributed by atoms with Gasteiger partial charge in [-0.3, -0.25) is 0 Å². The quantitative estimate of drug-likeness (QED) is 0.503. The van der Waals surface area contributed by atoms with Crippen molar-refractivity contribution in [3.8, 4) is 0 Å². The van der Waals surface area contributed by atoms with Crippen molar-refractivity contribution in [3.05, 3.63) is 16.6 Å². The molecule has 1 rings (SSSR count). The summed E-state index contributed by atoms with van der Waals surface area (Å²) in [5.74, 6) is -0.451. The van der Waals surface area contributed by atoms with E-state index in [1.165, 1.54) is 18.4 Å². The number of aromatic nitrogens is 1. The van der Waals surface area contributed by atoms with Crippen LogP contribution < -0.4 is 0 Å². The summed E-state index contributed by atoms with van der Waals surface area (Å²) in [7, 11) is 1.45. The van der Waals surface area contributed by atoms with Gasteiger partial charge in [-0.2, -0.15) is 0 Å². The molecule has 1 aromatic heterocycles. The molecule has 1 aromatic rings. The number of carbonyl (C=O) groups is 1. The van der Waals surface area contributed by atoms with E-state index in [0.717, 1.165) is 0 Å². The first-order chi connectivity index (χ1) is 5.34. The van der Waals surface area contributed by atoms with Crippen molar-refractivity contribution in [2.45, 2.75) is 0 Å². The van der Waals surface area contributed by atoms with Gasteiger partial charge in [-0.25, -0.2) is 9.78 Å². The lowest BCUT2D eigenvalue weighted by atomic mass is 10.5. The topological polar surface area (TPSA) is 48.4 Å². The number of esters is 1. The number of nitrogens with zero attached hydrogens (tertiary/aromatic N) is 1. The molecule has 5 heteroatoms. The Morgan fingerprint density at radius 3 is 3.18 bits per heavy atom. The van der Waals surface area contributed by atoms with E-state index < -0.39 is 5.97 Å². The Bertz CT molecular complexity index is 222. The number of hydrogen-bond acceptors (Lipinski definition) is 5. The Morgan fingerprint density at radius 2 is 2.64 bits per heavy atom. The molecule has 0 bridgehead atoms. The summed E-state index contributed by atoms with van der Waals surface area (Å²) in [4.78, 5) is 14.7. The fourth-order valence-electron chi connectivity index (χ4n) is 0.500. The minimum Gasteiger partial charge on any atom is -0.434 e. The summed E-state index contributed by atoms with van der Waals surface area (Å²) >= 11 is 1.35. The predicted molar refractivity (Wildman–Crippen MR) is 39.4 cm³/mol. The molecule has 0 aliphatic carbocycles. The molecule has 1 heterocycles. The second kappa shape index (κ2) is 4.05. The van der Waals surface area contributed by atoms with Crippen molar-refractivity contribution in [3.63, 3.8) is 0 Å². The van der Waals surface area contributed by atoms with Crippen molar-refractivity contribution in [1.29, 1.82) is 0 Å². The van der Waals surface area contributed by atoms with Crippen LogP contribution in [0.3, 0.4) is 0 Å². The Labute approximate surface area is 67.8 Å². The zero-order valence-electron chi connectivity index (χ0n) is 5.94. The monoisotopic (exact) mass is 173 g/mol. The van der Waals surface area contributed by atoms with E-state index in [2.05, 4.69) is 14.5 Å². The van der Waals surface area contributed by atoms with Crippen molar-refractivity contribution in [2.24, 2.45) is 0 Å². The Hall–Kier alpha value is -0.940. The minimum atomic E-state index is -0.451. The van der Waals surface area contributed by atoms with Gasteiger partial charge in [0.25, 0.3) is 0 Å². The van der Waals surface area contributed by atoms with Crippen LogP contribution in [0.4, 0.5) is 0 Å². The fraction of sp³-hybridized carbons (Fsp3) is 0.333. The van der Waals surface area contributed by atoms with Crippen LogP contribution in [-0.2, 0) is 9.47 Å². The first-order valence-corrected chi connectivity index (χ1v) is 3.83. The van der Waals surface area contributed by atoms with Crippen molar-refractivity contribution in [1.82, 2.24) is 4.98 Å². The lowest BCUT2D eigenvalue weighted by Gasteiger charge is -1.98. The Balaban J connectivity index is 2.43. The van der Waals surface area contributed by atoms with E-state index in [0.29, 0.717) is 5.69 Å². The van der Waals surface area contributed by atoms with E-state index in [-0.39, 0.29) is 6.79 Å². The Morgan fingerprint density at radius 1 is 1.82 bits per heavy atom. The van der Waals surface area contributed by atoms with Gasteiger partial charge in [0.05, 0.1) is 5.51 Å². The maximum Gasteiger partial charge on any atom is 0.359 e. The third-order valence-corrected chi connectivity index (χ3v) is 1.54. The van der Waals surface area contributed by atoms with Gasteiger partial charge in [-0.15, -0.1) is 11.3 Å². The van der Waals surface area contributed by atoms with Crippen LogP contribution in [0.2, 0.25) is 0 Å². The molecule has 0 saturated carbocycles. The number of rotatable bonds is 3. The van der Waals surface area contributed by atoms with E-state index >= 15 is 0 Å². The molecule has 0 unspecified atom stereocenters. The second-order valence-corrected chi connectivity index (χ2v) is 2.43. The molecule has 11 heavy (non-hydrogen) atoms. The SMILES string of the molecule is COCOC(=O)c1cscn1. The van der Waals surface area contributed by atoms with Gasteiger partial charge < -0.3 is 9.47 Å². The van der Waals surface area contributed by atoms with E-state index in [1.807, 2.05) is 0 Å². The molecule has 0 aromatic carbocycles. The predicted octanol–water partition coefficient (Wildman–Crippen LogP) is 0.904. The molecule has 0 N–H and O–H groups in total. The summed E-state index contributed by atoms with van der Waals surface area (Å²) in [6, 6.07) is 0. The average Bonchev–Trinajstić information content (AvgIpc) is 2.52. The van der Waals surface area contributed by atoms with Crippen LogP contribution >= 0.6 is 11.3 Å². The van der Waals surface area contributed by atoms with Crippen LogP contribution in [0, 0.1) is 0 Å². The number of methoxy groups -OCH3 is 1. The summed E-state index contributed by atoms with van der Waals surface area (Å²) in [6.45, 7) is -0.0314. The summed E-state index contributed by atoms with van der Waals surface area (Å²) < 4.78 is 9.16. The van der Waals surface area contributed by atoms with Crippen molar-refractivity contribution >= 4 is 17.3 Å². The normalized spacial score (nSPS) is 9.55. The molecular weight excluding hydrogens is 166 g/mol. The van der Waals surface area contributed by atoms with E-state index in [9.17, 15) is 4.79 Å². The highest BCUT2D eigenvalue weighted by atomic mass is 32.1. The third kappa shape index (κ3) is 2.28. The fourth-order valence-corrected chi connectivity index (χ4v) is 1.02. The smallest absolute Gasteiger partial charge is 0.359 e. The third-order valence-electron chi connectivity index (χ3n) is 0.949. The molecular formula is C6H7NO3S. The highest BCUT2D eigenvalue weighted by Crippen LogP contribution is 2.02. The standard InChI is InChI=1S/C6H7NO3S/c1-9-4-10-6(8)5-2-11-3-7-5/h2-3H,4H2,1H3. The van der Waals surface area contributed by atoms with Crippen molar-refractivity contribution < 1.29 is 14.3 Å². The van der Waals surface area contributed by atoms with Crippen LogP contribution in [0.25, 0.3) is 0 Å². The highest BCUT2D eigenvalue weighted by molar-refractivity contribution is 7.07. The largest absolute Gasteiger partial charge is 0.434 e. The van der Waals surface area contributed by atoms with Gasteiger partial charge in [0, 0.05) is 12.5 Å². The van der Waals surface area contributed by atoms with Gasteiger partial charge >= 0.3 is 5.97 Å². The molecule has 0 fully saturated rings. The van der Waals surface area contributed by atoms with E-state index in [4.69, 9.17) is 0 Å². The number of thiazole rings is 1. The van der Waals surface area contributed by atoms with Gasteiger partial charge in [-0.1, -0.05) is 0 Å². The number of carbonyl (C=O) groups excluding carboxylic acids is 1. The molecule has 0 aliphatic heterocycles. The second-order valence-electron chi connectivity index (χ2n) is 1.71. The van der Waals surface area contributed by atoms with Crippen molar-refractivity contribution in [2.75, 3.05) is 13.9 Å². The summed E-state index contributed by atoms with van der Waals surface area (Å²) in [5.41, 5.74) is 1.90. The highest BCUT2D eigenvalue weighted by Gasteiger charge is 2.07. The van der Waals surface area contributed by atoms with Gasteiger partial charge in [-0.05, 0) is 0 Å². The molecule has 0 spiro atoms. The van der Waals surface area contributed by atoms with Gasteiger partial charge in [0.1, 0.15) is 0 Å². The average molecular weight is 173 g/mol. The van der Waals surface area contributed by atoms with E-state index in [1.54, 1.807) is 10.9 Å². The lowest BCUT2D eigenvalue weighted by Crippen LogP contribution is -2.07. The number of hydrogen-bond donors (Lipinski definition) is 0. The summed E-state index contributed by atoms with van der Waals surface area (Å²) in [5, 5.41) is 1.62. The Kier molecular flexibility index (Phi) is 3.00. The molecule has 0 amide bonds. The van der Waals surface area contributed by atoms with Crippen LogP contribution in [0.15, 0.2) is 10.9 Å². The zero-order chi connectivity index (χ0) is 8.10. The molecule has 0 radical (unpaired) electrons. The number of ether oxygens (including phenoxy) is 2. The first kappa shape index (κ1) is 8.16. The summed E-state index contributed by atoms with van der Waals surface area (Å²) in [6.07, 6.45) is 0. The van der Waals surface area contributed by atoms with Crippen LogP contribution in [-0.4, -0.2) is 24.9 Å². The van der Waals surface area contributed by atoms with Crippen LogP contribution in [0.5, 0.6) is 0 Å². The van der Waals surface area contributed by atoms with Gasteiger partial charge in [0.2, 0.25) is 0 Å². The molecule has 60 valence electrons. The van der Waals surface area contributed by atoms with Crippen LogP contribution in [0.1, 0.15) is 10.5 Å². The molecule has 0 aliphatic rings. The minimum absolute atomic E-state index is 0.0314. The van der Waals surface area contributed by atoms with Gasteiger partial charge in [0.15, 0.2) is 12.5 Å². The molecule has 0 saturated heterocycles. The molecule has 4 nitrogen and oxygen atoms in total. The maximum atomic E-state index is 10.9.